The normalized spacial score (nSPS) is 18.7. The van der Waals surface area contributed by atoms with Gasteiger partial charge in [-0.15, -0.1) is 11.3 Å². The summed E-state index contributed by atoms with van der Waals surface area (Å²) < 4.78 is 0. The molecule has 1 fully saturated rings. The van der Waals surface area contributed by atoms with Gasteiger partial charge < -0.3 is 10.2 Å². The first kappa shape index (κ1) is 14.0. The summed E-state index contributed by atoms with van der Waals surface area (Å²) in [5.74, 6) is 0.692. The zero-order valence-electron chi connectivity index (χ0n) is 12.0. The molecule has 1 saturated heterocycles. The lowest BCUT2D eigenvalue weighted by Crippen LogP contribution is -2.29. The molecule has 1 aliphatic rings. The number of nitrogens with one attached hydrogen (secondary N) is 1. The summed E-state index contributed by atoms with van der Waals surface area (Å²) in [6.45, 7) is 9.91. The molecule has 0 spiro atoms. The third-order valence-electron chi connectivity index (χ3n) is 3.65. The van der Waals surface area contributed by atoms with Gasteiger partial charge in [-0.3, -0.25) is 0 Å². The Morgan fingerprint density at radius 3 is 2.67 bits per heavy atom. The SMILES string of the molecule is Cc1nc(C2CCN(C)CC2)sc1CNC(C)C. The molecule has 0 aromatic carbocycles. The molecule has 0 radical (unpaired) electrons. The van der Waals surface area contributed by atoms with Crippen molar-refractivity contribution >= 4 is 11.3 Å². The van der Waals surface area contributed by atoms with Crippen molar-refractivity contribution in [3.63, 3.8) is 0 Å². The second-order valence-corrected chi connectivity index (χ2v) is 6.79. The lowest BCUT2D eigenvalue weighted by atomic mass is 9.98. The van der Waals surface area contributed by atoms with E-state index in [0.717, 1.165) is 6.54 Å². The lowest BCUT2D eigenvalue weighted by molar-refractivity contribution is 0.255. The fraction of sp³-hybridized carbons (Fsp3) is 0.786. The molecular formula is C14H25N3S. The summed E-state index contributed by atoms with van der Waals surface area (Å²) in [5, 5.41) is 4.85. The highest BCUT2D eigenvalue weighted by molar-refractivity contribution is 7.11. The Hall–Kier alpha value is -0.450. The van der Waals surface area contributed by atoms with Crippen LogP contribution in [0.15, 0.2) is 0 Å². The minimum absolute atomic E-state index is 0.540. The standard InChI is InChI=1S/C14H25N3S/c1-10(2)15-9-13-11(3)16-14(18-13)12-5-7-17(4)8-6-12/h10,12,15H,5-9H2,1-4H3. The highest BCUT2D eigenvalue weighted by Gasteiger charge is 2.22. The van der Waals surface area contributed by atoms with E-state index in [-0.39, 0.29) is 0 Å². The van der Waals surface area contributed by atoms with Gasteiger partial charge in [0.2, 0.25) is 0 Å². The Balaban J connectivity index is 1.99. The molecule has 2 rings (SSSR count). The zero-order valence-corrected chi connectivity index (χ0v) is 12.8. The van der Waals surface area contributed by atoms with E-state index >= 15 is 0 Å². The highest BCUT2D eigenvalue weighted by Crippen LogP contribution is 2.32. The average molecular weight is 267 g/mol. The third-order valence-corrected chi connectivity index (χ3v) is 4.97. The molecule has 102 valence electrons. The third kappa shape index (κ3) is 3.53. The minimum atomic E-state index is 0.540. The number of rotatable bonds is 4. The maximum Gasteiger partial charge on any atom is 0.0963 e. The van der Waals surface area contributed by atoms with Crippen molar-refractivity contribution in [1.29, 1.82) is 0 Å². The Kier molecular flexibility index (Phi) is 4.76. The molecular weight excluding hydrogens is 242 g/mol. The molecule has 0 bridgehead atoms. The molecule has 3 nitrogen and oxygen atoms in total. The molecule has 2 heterocycles. The van der Waals surface area contributed by atoms with E-state index in [4.69, 9.17) is 4.98 Å². The Morgan fingerprint density at radius 2 is 2.06 bits per heavy atom. The summed E-state index contributed by atoms with van der Waals surface area (Å²) in [6, 6.07) is 0.540. The first-order valence-corrected chi connectivity index (χ1v) is 7.76. The number of hydrogen-bond acceptors (Lipinski definition) is 4. The van der Waals surface area contributed by atoms with Crippen molar-refractivity contribution in [3.05, 3.63) is 15.6 Å². The van der Waals surface area contributed by atoms with Gasteiger partial charge in [-0.1, -0.05) is 13.8 Å². The van der Waals surface area contributed by atoms with Gasteiger partial charge in [0.05, 0.1) is 10.7 Å². The highest BCUT2D eigenvalue weighted by atomic mass is 32.1. The van der Waals surface area contributed by atoms with Crippen molar-refractivity contribution in [2.45, 2.75) is 52.1 Å². The maximum absolute atomic E-state index is 4.80. The lowest BCUT2D eigenvalue weighted by Gasteiger charge is -2.27. The van der Waals surface area contributed by atoms with Crippen molar-refractivity contribution in [1.82, 2.24) is 15.2 Å². The maximum atomic E-state index is 4.80. The number of hydrogen-bond donors (Lipinski definition) is 1. The predicted molar refractivity (Wildman–Crippen MR) is 78.3 cm³/mol. The predicted octanol–water partition coefficient (Wildman–Crippen LogP) is 2.76. The summed E-state index contributed by atoms with van der Waals surface area (Å²) in [4.78, 5) is 8.63. The van der Waals surface area contributed by atoms with Crippen LogP contribution in [0.1, 0.15) is 48.2 Å². The van der Waals surface area contributed by atoms with Crippen LogP contribution in [0.5, 0.6) is 0 Å². The number of aromatic nitrogens is 1. The minimum Gasteiger partial charge on any atom is -0.310 e. The first-order chi connectivity index (χ1) is 8.56. The molecule has 18 heavy (non-hydrogen) atoms. The van der Waals surface area contributed by atoms with Crippen LogP contribution in [0.3, 0.4) is 0 Å². The van der Waals surface area contributed by atoms with E-state index in [1.165, 1.54) is 41.5 Å². The number of aryl methyl sites for hydroxylation is 1. The monoisotopic (exact) mass is 267 g/mol. The number of likely N-dealkylation sites (tertiary alicyclic amines) is 1. The summed E-state index contributed by atoms with van der Waals surface area (Å²) in [6.07, 6.45) is 2.53. The molecule has 1 aromatic heterocycles. The Labute approximate surface area is 115 Å². The van der Waals surface area contributed by atoms with Crippen LogP contribution in [0.4, 0.5) is 0 Å². The Morgan fingerprint density at radius 1 is 1.39 bits per heavy atom. The van der Waals surface area contributed by atoms with Gasteiger partial charge in [0.1, 0.15) is 0 Å². The van der Waals surface area contributed by atoms with E-state index in [1.54, 1.807) is 0 Å². The van der Waals surface area contributed by atoms with Gasteiger partial charge in [-0.2, -0.15) is 0 Å². The van der Waals surface area contributed by atoms with Crippen LogP contribution < -0.4 is 5.32 Å². The number of piperidine rings is 1. The molecule has 0 unspecified atom stereocenters. The van der Waals surface area contributed by atoms with Gasteiger partial charge in [-0.05, 0) is 39.9 Å². The molecule has 1 aliphatic heterocycles. The number of thiazole rings is 1. The summed E-state index contributed by atoms with van der Waals surface area (Å²) >= 11 is 1.92. The van der Waals surface area contributed by atoms with Crippen molar-refractivity contribution in [2.24, 2.45) is 0 Å². The smallest absolute Gasteiger partial charge is 0.0963 e. The van der Waals surface area contributed by atoms with Crippen molar-refractivity contribution < 1.29 is 0 Å². The first-order valence-electron chi connectivity index (χ1n) is 6.94. The quantitative estimate of drug-likeness (QED) is 0.909. The zero-order chi connectivity index (χ0) is 13.1. The molecule has 1 aromatic rings. The topological polar surface area (TPSA) is 28.2 Å². The van der Waals surface area contributed by atoms with Crippen LogP contribution in [-0.4, -0.2) is 36.1 Å². The van der Waals surface area contributed by atoms with E-state index in [2.05, 4.69) is 38.0 Å². The second kappa shape index (κ2) is 6.13. The summed E-state index contributed by atoms with van der Waals surface area (Å²) in [5.41, 5.74) is 1.22. The van der Waals surface area contributed by atoms with E-state index in [0.29, 0.717) is 12.0 Å². The van der Waals surface area contributed by atoms with Gasteiger partial charge in [0.25, 0.3) is 0 Å². The fourth-order valence-corrected chi connectivity index (χ4v) is 3.53. The second-order valence-electron chi connectivity index (χ2n) is 5.67. The fourth-order valence-electron chi connectivity index (χ4n) is 2.34. The Bertz CT molecular complexity index is 378. The molecule has 0 atom stereocenters. The van der Waals surface area contributed by atoms with Gasteiger partial charge in [0.15, 0.2) is 0 Å². The number of nitrogens with zero attached hydrogens (tertiary/aromatic N) is 2. The van der Waals surface area contributed by atoms with E-state index in [1.807, 2.05) is 11.3 Å². The molecule has 0 saturated carbocycles. The summed E-state index contributed by atoms with van der Waals surface area (Å²) in [7, 11) is 2.21. The van der Waals surface area contributed by atoms with Gasteiger partial charge in [-0.25, -0.2) is 4.98 Å². The molecule has 0 aliphatic carbocycles. The molecule has 0 amide bonds. The molecule has 1 N–H and O–H groups in total. The van der Waals surface area contributed by atoms with Crippen LogP contribution in [0.25, 0.3) is 0 Å². The van der Waals surface area contributed by atoms with E-state index in [9.17, 15) is 0 Å². The van der Waals surface area contributed by atoms with Crippen LogP contribution in [-0.2, 0) is 6.54 Å². The largest absolute Gasteiger partial charge is 0.310 e. The van der Waals surface area contributed by atoms with Crippen LogP contribution in [0, 0.1) is 6.92 Å². The van der Waals surface area contributed by atoms with Gasteiger partial charge >= 0.3 is 0 Å². The van der Waals surface area contributed by atoms with Gasteiger partial charge in [0, 0.05) is 23.4 Å². The molecule has 4 heteroatoms. The van der Waals surface area contributed by atoms with Crippen LogP contribution >= 0.6 is 11.3 Å². The van der Waals surface area contributed by atoms with Crippen molar-refractivity contribution in [3.8, 4) is 0 Å². The van der Waals surface area contributed by atoms with E-state index < -0.39 is 0 Å². The van der Waals surface area contributed by atoms with Crippen molar-refractivity contribution in [2.75, 3.05) is 20.1 Å². The van der Waals surface area contributed by atoms with Crippen LogP contribution in [0.2, 0.25) is 0 Å². The average Bonchev–Trinajstić information content (AvgIpc) is 2.69.